The van der Waals surface area contributed by atoms with Crippen LogP contribution in [-0.4, -0.2) is 16.1 Å². The minimum atomic E-state index is -1.00. The Hall–Kier alpha value is -2.18. The molecule has 6 heteroatoms. The molecule has 0 fully saturated rings. The molecule has 1 N–H and O–H groups in total. The van der Waals surface area contributed by atoms with Crippen molar-refractivity contribution >= 4 is 33.2 Å². The van der Waals surface area contributed by atoms with Gasteiger partial charge in [0, 0.05) is 15.4 Å². The van der Waals surface area contributed by atoms with Gasteiger partial charge in [-0.2, -0.15) is 0 Å². The first-order valence-corrected chi connectivity index (χ1v) is 8.46. The predicted molar refractivity (Wildman–Crippen MR) is 93.0 cm³/mol. The topological polar surface area (TPSA) is 59.4 Å². The van der Waals surface area contributed by atoms with Crippen molar-refractivity contribution in [3.05, 3.63) is 69.0 Å². The van der Waals surface area contributed by atoms with Crippen LogP contribution in [0, 0.1) is 0 Å². The smallest absolute Gasteiger partial charge is 0.339 e. The maximum atomic E-state index is 11.2. The van der Waals surface area contributed by atoms with Crippen LogP contribution in [0.3, 0.4) is 0 Å². The van der Waals surface area contributed by atoms with E-state index in [0.717, 1.165) is 20.7 Å². The summed E-state index contributed by atoms with van der Waals surface area (Å²) in [6.45, 7) is 0.242. The van der Waals surface area contributed by atoms with Crippen LogP contribution >= 0.6 is 27.3 Å². The molecule has 0 amide bonds. The van der Waals surface area contributed by atoms with Gasteiger partial charge in [0.2, 0.25) is 0 Å². The number of rotatable bonds is 5. The summed E-state index contributed by atoms with van der Waals surface area (Å²) in [5.41, 5.74) is 2.06. The van der Waals surface area contributed by atoms with E-state index in [0.29, 0.717) is 5.75 Å². The summed E-state index contributed by atoms with van der Waals surface area (Å²) in [5, 5.41) is 11.9. The lowest BCUT2D eigenvalue weighted by molar-refractivity contribution is 0.0691. The number of benzene rings is 2. The number of thiazole rings is 1. The molecule has 0 aliphatic carbocycles. The number of carbonyl (C=O) groups is 1. The number of halogens is 1. The van der Waals surface area contributed by atoms with E-state index in [2.05, 4.69) is 20.9 Å². The van der Waals surface area contributed by atoms with E-state index in [1.807, 2.05) is 29.6 Å². The first-order valence-electron chi connectivity index (χ1n) is 6.79. The zero-order valence-corrected chi connectivity index (χ0v) is 14.3. The molecule has 3 rings (SSSR count). The van der Waals surface area contributed by atoms with Crippen molar-refractivity contribution in [2.45, 2.75) is 6.61 Å². The Bertz CT molecular complexity index is 830. The number of ether oxygens (including phenoxy) is 1. The molecule has 0 atom stereocenters. The van der Waals surface area contributed by atoms with Crippen molar-refractivity contribution in [1.82, 2.24) is 4.98 Å². The van der Waals surface area contributed by atoms with Crippen LogP contribution in [0.15, 0.2) is 58.4 Å². The molecule has 0 aliphatic rings. The second-order valence-corrected chi connectivity index (χ2v) is 6.58. The average Bonchev–Trinajstić information content (AvgIpc) is 3.03. The molecule has 0 bridgehead atoms. The molecule has 0 saturated heterocycles. The molecule has 0 aliphatic heterocycles. The van der Waals surface area contributed by atoms with Gasteiger partial charge in [-0.1, -0.05) is 40.2 Å². The molecule has 4 nitrogen and oxygen atoms in total. The molecule has 0 radical (unpaired) electrons. The number of aromatic nitrogens is 1. The zero-order chi connectivity index (χ0) is 16.2. The summed E-state index contributed by atoms with van der Waals surface area (Å²) < 4.78 is 6.63. The fourth-order valence-electron chi connectivity index (χ4n) is 2.04. The highest BCUT2D eigenvalue weighted by Gasteiger charge is 2.11. The lowest BCUT2D eigenvalue weighted by atomic mass is 10.2. The Morgan fingerprint density at radius 1 is 1.17 bits per heavy atom. The number of carboxylic acids is 1. The van der Waals surface area contributed by atoms with Crippen molar-refractivity contribution in [2.24, 2.45) is 0 Å². The second-order valence-electron chi connectivity index (χ2n) is 4.72. The fourth-order valence-corrected chi connectivity index (χ4v) is 3.02. The third kappa shape index (κ3) is 3.78. The SMILES string of the molecule is O=C(O)c1ccccc1OCc1nc(-c2ccc(Br)cc2)cs1. The molecule has 116 valence electrons. The Kier molecular flexibility index (Phi) is 4.73. The third-order valence-electron chi connectivity index (χ3n) is 3.16. The second kappa shape index (κ2) is 6.93. The highest BCUT2D eigenvalue weighted by molar-refractivity contribution is 9.10. The van der Waals surface area contributed by atoms with Gasteiger partial charge in [0.15, 0.2) is 0 Å². The lowest BCUT2D eigenvalue weighted by Gasteiger charge is -2.06. The summed E-state index contributed by atoms with van der Waals surface area (Å²) in [4.78, 5) is 15.7. The largest absolute Gasteiger partial charge is 0.486 e. The minimum absolute atomic E-state index is 0.150. The van der Waals surface area contributed by atoms with Crippen molar-refractivity contribution in [3.63, 3.8) is 0 Å². The summed E-state index contributed by atoms with van der Waals surface area (Å²) in [5.74, 6) is -0.657. The van der Waals surface area contributed by atoms with Crippen LogP contribution in [-0.2, 0) is 6.61 Å². The molecular weight excluding hydrogens is 378 g/mol. The van der Waals surface area contributed by atoms with Crippen molar-refractivity contribution in [2.75, 3.05) is 0 Å². The van der Waals surface area contributed by atoms with Gasteiger partial charge in [-0.15, -0.1) is 11.3 Å². The summed E-state index contributed by atoms with van der Waals surface area (Å²) in [7, 11) is 0. The van der Waals surface area contributed by atoms with Gasteiger partial charge in [-0.25, -0.2) is 9.78 Å². The molecule has 1 heterocycles. The maximum Gasteiger partial charge on any atom is 0.339 e. The fraction of sp³-hybridized carbons (Fsp3) is 0.0588. The standard InChI is InChI=1S/C17H12BrNO3S/c18-12-7-5-11(6-8-12)14-10-23-16(19-14)9-22-15-4-2-1-3-13(15)17(20)21/h1-8,10H,9H2,(H,20,21). The Labute approximate surface area is 145 Å². The van der Waals surface area contributed by atoms with E-state index in [4.69, 9.17) is 9.84 Å². The Morgan fingerprint density at radius 3 is 2.65 bits per heavy atom. The molecule has 1 aromatic heterocycles. The van der Waals surface area contributed by atoms with Gasteiger partial charge in [-0.3, -0.25) is 0 Å². The third-order valence-corrected chi connectivity index (χ3v) is 4.51. The first-order chi connectivity index (χ1) is 11.1. The van der Waals surface area contributed by atoms with Crippen molar-refractivity contribution < 1.29 is 14.6 Å². The minimum Gasteiger partial charge on any atom is -0.486 e. The van der Waals surface area contributed by atoms with Crippen LogP contribution in [0.25, 0.3) is 11.3 Å². The summed E-state index contributed by atoms with van der Waals surface area (Å²) >= 11 is 4.89. The van der Waals surface area contributed by atoms with Gasteiger partial charge < -0.3 is 9.84 Å². The van der Waals surface area contributed by atoms with E-state index >= 15 is 0 Å². The van der Waals surface area contributed by atoms with E-state index < -0.39 is 5.97 Å². The molecule has 0 spiro atoms. The zero-order valence-electron chi connectivity index (χ0n) is 11.9. The highest BCUT2D eigenvalue weighted by atomic mass is 79.9. The Balaban J connectivity index is 1.73. The van der Waals surface area contributed by atoms with E-state index in [9.17, 15) is 4.79 Å². The van der Waals surface area contributed by atoms with Crippen LogP contribution in [0.2, 0.25) is 0 Å². The number of carboxylic acid groups (broad SMARTS) is 1. The average molecular weight is 390 g/mol. The van der Waals surface area contributed by atoms with Crippen LogP contribution in [0.5, 0.6) is 5.75 Å². The van der Waals surface area contributed by atoms with Gasteiger partial charge >= 0.3 is 5.97 Å². The van der Waals surface area contributed by atoms with Crippen molar-refractivity contribution in [3.8, 4) is 17.0 Å². The number of aromatic carboxylic acids is 1. The number of nitrogens with zero attached hydrogens (tertiary/aromatic N) is 1. The summed E-state index contributed by atoms with van der Waals surface area (Å²) in [6, 6.07) is 14.5. The van der Waals surface area contributed by atoms with E-state index in [1.165, 1.54) is 17.4 Å². The summed E-state index contributed by atoms with van der Waals surface area (Å²) in [6.07, 6.45) is 0. The van der Waals surface area contributed by atoms with E-state index in [-0.39, 0.29) is 12.2 Å². The number of para-hydroxylation sites is 1. The normalized spacial score (nSPS) is 10.5. The molecule has 0 saturated carbocycles. The number of hydrogen-bond acceptors (Lipinski definition) is 4. The van der Waals surface area contributed by atoms with Crippen LogP contribution in [0.4, 0.5) is 0 Å². The monoisotopic (exact) mass is 389 g/mol. The molecule has 23 heavy (non-hydrogen) atoms. The quantitative estimate of drug-likeness (QED) is 0.677. The highest BCUT2D eigenvalue weighted by Crippen LogP contribution is 2.25. The van der Waals surface area contributed by atoms with Gasteiger partial charge in [0.25, 0.3) is 0 Å². The number of hydrogen-bond donors (Lipinski definition) is 1. The van der Waals surface area contributed by atoms with Gasteiger partial charge in [0.05, 0.1) is 5.69 Å². The molecule has 3 aromatic rings. The van der Waals surface area contributed by atoms with Crippen LogP contribution < -0.4 is 4.74 Å². The molecule has 0 unspecified atom stereocenters. The van der Waals surface area contributed by atoms with Gasteiger partial charge in [-0.05, 0) is 24.3 Å². The molecule has 2 aromatic carbocycles. The van der Waals surface area contributed by atoms with E-state index in [1.54, 1.807) is 18.2 Å². The molecular formula is C17H12BrNO3S. The van der Waals surface area contributed by atoms with Crippen molar-refractivity contribution in [1.29, 1.82) is 0 Å². The maximum absolute atomic E-state index is 11.2. The van der Waals surface area contributed by atoms with Crippen LogP contribution in [0.1, 0.15) is 15.4 Å². The lowest BCUT2D eigenvalue weighted by Crippen LogP contribution is -2.03. The Morgan fingerprint density at radius 2 is 1.91 bits per heavy atom. The predicted octanol–water partition coefficient (Wildman–Crippen LogP) is 4.85. The first kappa shape index (κ1) is 15.7. The van der Waals surface area contributed by atoms with Gasteiger partial charge in [0.1, 0.15) is 22.9 Å².